The summed E-state index contributed by atoms with van der Waals surface area (Å²) in [6.45, 7) is 9.23. The van der Waals surface area contributed by atoms with Crippen molar-refractivity contribution in [1.29, 1.82) is 0 Å². The molecule has 2 rings (SSSR count). The fourth-order valence-corrected chi connectivity index (χ4v) is 3.73. The van der Waals surface area contributed by atoms with Crippen molar-refractivity contribution < 1.29 is 14.3 Å². The molecule has 0 fully saturated rings. The van der Waals surface area contributed by atoms with Gasteiger partial charge in [0.1, 0.15) is 5.01 Å². The average molecular weight is 418 g/mol. The highest BCUT2D eigenvalue weighted by atomic mass is 32.1. The van der Waals surface area contributed by atoms with Gasteiger partial charge < -0.3 is 9.47 Å². The topological polar surface area (TPSA) is 73.3 Å². The van der Waals surface area contributed by atoms with Crippen LogP contribution in [-0.2, 0) is 4.79 Å². The van der Waals surface area contributed by atoms with Crippen LogP contribution in [0.3, 0.4) is 0 Å². The van der Waals surface area contributed by atoms with Gasteiger partial charge in [0.25, 0.3) is 0 Å². The first-order valence-electron chi connectivity index (χ1n) is 10.1. The Bertz CT molecular complexity index is 813. The van der Waals surface area contributed by atoms with Crippen LogP contribution in [0.2, 0.25) is 0 Å². The number of hydrogen-bond acceptors (Lipinski definition) is 6. The lowest BCUT2D eigenvalue weighted by Gasteiger charge is -2.12. The lowest BCUT2D eigenvalue weighted by Crippen LogP contribution is -2.07. The SMILES string of the molecule is CCC(CC)c1nnc(NC(=O)/C=C/c2ccc(OCCC(C)C)c(OC)c2)s1. The average Bonchev–Trinajstić information content (AvgIpc) is 3.15. The normalized spacial score (nSPS) is 11.4. The maximum Gasteiger partial charge on any atom is 0.250 e. The van der Waals surface area contributed by atoms with Gasteiger partial charge in [-0.3, -0.25) is 10.1 Å². The van der Waals surface area contributed by atoms with Gasteiger partial charge in [-0.05, 0) is 49.0 Å². The molecule has 0 bridgehead atoms. The number of carbonyl (C=O) groups is 1. The Morgan fingerprint density at radius 2 is 1.97 bits per heavy atom. The van der Waals surface area contributed by atoms with Gasteiger partial charge >= 0.3 is 0 Å². The lowest BCUT2D eigenvalue weighted by atomic mass is 10.1. The van der Waals surface area contributed by atoms with Crippen LogP contribution in [-0.4, -0.2) is 29.8 Å². The van der Waals surface area contributed by atoms with Gasteiger partial charge in [-0.25, -0.2) is 0 Å². The molecule has 1 heterocycles. The van der Waals surface area contributed by atoms with Gasteiger partial charge in [-0.1, -0.05) is 45.1 Å². The zero-order chi connectivity index (χ0) is 21.2. The second-order valence-corrected chi connectivity index (χ2v) is 8.23. The first-order chi connectivity index (χ1) is 14.0. The van der Waals surface area contributed by atoms with E-state index in [1.165, 1.54) is 17.4 Å². The second-order valence-electron chi connectivity index (χ2n) is 7.22. The zero-order valence-electron chi connectivity index (χ0n) is 17.9. The van der Waals surface area contributed by atoms with Crippen LogP contribution in [0.1, 0.15) is 63.4 Å². The smallest absolute Gasteiger partial charge is 0.250 e. The summed E-state index contributed by atoms with van der Waals surface area (Å²) in [5.41, 5.74) is 0.850. The zero-order valence-corrected chi connectivity index (χ0v) is 18.7. The lowest BCUT2D eigenvalue weighted by molar-refractivity contribution is -0.111. The number of nitrogens with zero attached hydrogens (tertiary/aromatic N) is 2. The molecule has 29 heavy (non-hydrogen) atoms. The van der Waals surface area contributed by atoms with E-state index in [-0.39, 0.29) is 5.91 Å². The summed E-state index contributed by atoms with van der Waals surface area (Å²) in [6.07, 6.45) is 6.22. The van der Waals surface area contributed by atoms with Crippen molar-refractivity contribution in [1.82, 2.24) is 10.2 Å². The fraction of sp³-hybridized carbons (Fsp3) is 0.500. The van der Waals surface area contributed by atoms with E-state index in [1.54, 1.807) is 13.2 Å². The summed E-state index contributed by atoms with van der Waals surface area (Å²) in [4.78, 5) is 12.2. The number of benzene rings is 1. The minimum Gasteiger partial charge on any atom is -0.493 e. The Labute approximate surface area is 177 Å². The number of nitrogens with one attached hydrogen (secondary N) is 1. The number of amides is 1. The highest BCUT2D eigenvalue weighted by molar-refractivity contribution is 7.15. The largest absolute Gasteiger partial charge is 0.493 e. The third-order valence-corrected chi connectivity index (χ3v) is 5.57. The van der Waals surface area contributed by atoms with Gasteiger partial charge in [-0.15, -0.1) is 10.2 Å². The van der Waals surface area contributed by atoms with Gasteiger partial charge in [0.2, 0.25) is 11.0 Å². The van der Waals surface area contributed by atoms with Gasteiger partial charge in [0, 0.05) is 12.0 Å². The van der Waals surface area contributed by atoms with Crippen LogP contribution >= 0.6 is 11.3 Å². The molecule has 1 amide bonds. The molecule has 0 atom stereocenters. The number of carbonyl (C=O) groups excluding carboxylic acids is 1. The number of hydrogen-bond donors (Lipinski definition) is 1. The van der Waals surface area contributed by atoms with Crippen LogP contribution in [0.15, 0.2) is 24.3 Å². The van der Waals surface area contributed by atoms with Crippen molar-refractivity contribution >= 4 is 28.5 Å². The maximum absolute atomic E-state index is 12.2. The molecule has 0 radical (unpaired) electrons. The van der Waals surface area contributed by atoms with E-state index in [4.69, 9.17) is 9.47 Å². The summed E-state index contributed by atoms with van der Waals surface area (Å²) in [6, 6.07) is 5.61. The Balaban J connectivity index is 1.97. The molecule has 0 saturated heterocycles. The summed E-state index contributed by atoms with van der Waals surface area (Å²) in [5.74, 6) is 2.09. The summed E-state index contributed by atoms with van der Waals surface area (Å²) < 4.78 is 11.2. The van der Waals surface area contributed by atoms with E-state index in [1.807, 2.05) is 18.2 Å². The molecule has 158 valence electrons. The van der Waals surface area contributed by atoms with E-state index < -0.39 is 0 Å². The van der Waals surface area contributed by atoms with E-state index >= 15 is 0 Å². The third-order valence-electron chi connectivity index (χ3n) is 4.57. The van der Waals surface area contributed by atoms with Crippen LogP contribution in [0.4, 0.5) is 5.13 Å². The van der Waals surface area contributed by atoms with E-state index in [0.29, 0.717) is 35.1 Å². The summed E-state index contributed by atoms with van der Waals surface area (Å²) >= 11 is 1.43. The number of ether oxygens (including phenoxy) is 2. The fourth-order valence-electron chi connectivity index (χ4n) is 2.72. The second kappa shape index (κ2) is 11.6. The Hall–Kier alpha value is -2.41. The van der Waals surface area contributed by atoms with Crippen molar-refractivity contribution in [2.45, 2.75) is 52.9 Å². The van der Waals surface area contributed by atoms with E-state index in [0.717, 1.165) is 29.8 Å². The predicted octanol–water partition coefficient (Wildman–Crippen LogP) is 5.53. The van der Waals surface area contributed by atoms with Crippen LogP contribution in [0.5, 0.6) is 11.5 Å². The molecule has 1 N–H and O–H groups in total. The van der Waals surface area contributed by atoms with Gasteiger partial charge in [0.15, 0.2) is 11.5 Å². The molecular formula is C22H31N3O3S. The van der Waals surface area contributed by atoms with E-state index in [2.05, 4.69) is 43.2 Å². The summed E-state index contributed by atoms with van der Waals surface area (Å²) in [5, 5.41) is 12.5. The van der Waals surface area contributed by atoms with Gasteiger partial charge in [-0.2, -0.15) is 0 Å². The Kier molecular flexibility index (Phi) is 9.12. The molecule has 1 aromatic heterocycles. The molecular weight excluding hydrogens is 386 g/mol. The first-order valence-corrected chi connectivity index (χ1v) is 10.9. The Morgan fingerprint density at radius 3 is 2.62 bits per heavy atom. The van der Waals surface area contributed by atoms with Crippen LogP contribution in [0, 0.1) is 5.92 Å². The molecule has 0 aliphatic rings. The number of aromatic nitrogens is 2. The molecule has 0 spiro atoms. The first kappa shape index (κ1) is 22.9. The predicted molar refractivity (Wildman–Crippen MR) is 119 cm³/mol. The molecule has 0 unspecified atom stereocenters. The highest BCUT2D eigenvalue weighted by Gasteiger charge is 2.14. The standard InChI is InChI=1S/C22H31N3O3S/c1-6-17(7-2)21-24-25-22(29-21)23-20(26)11-9-16-8-10-18(19(14-16)27-5)28-13-12-15(3)4/h8-11,14-15,17H,6-7,12-13H2,1-5H3,(H,23,25,26)/b11-9+. The molecule has 1 aromatic carbocycles. The van der Waals surface area contributed by atoms with Crippen molar-refractivity contribution in [2.75, 3.05) is 19.0 Å². The molecule has 0 aliphatic heterocycles. The molecule has 6 nitrogen and oxygen atoms in total. The van der Waals surface area contributed by atoms with Crippen LogP contribution in [0.25, 0.3) is 6.08 Å². The number of rotatable bonds is 11. The van der Waals surface area contributed by atoms with Crippen molar-refractivity contribution in [2.24, 2.45) is 5.92 Å². The monoisotopic (exact) mass is 417 g/mol. The third kappa shape index (κ3) is 7.16. The number of methoxy groups -OCH3 is 1. The molecule has 2 aromatic rings. The van der Waals surface area contributed by atoms with Crippen LogP contribution < -0.4 is 14.8 Å². The van der Waals surface area contributed by atoms with Gasteiger partial charge in [0.05, 0.1) is 13.7 Å². The maximum atomic E-state index is 12.2. The van der Waals surface area contributed by atoms with E-state index in [9.17, 15) is 4.79 Å². The number of anilines is 1. The highest BCUT2D eigenvalue weighted by Crippen LogP contribution is 2.29. The minimum atomic E-state index is -0.242. The minimum absolute atomic E-state index is 0.242. The Morgan fingerprint density at radius 1 is 1.21 bits per heavy atom. The quantitative estimate of drug-likeness (QED) is 0.487. The molecule has 7 heteroatoms. The molecule has 0 aliphatic carbocycles. The van der Waals surface area contributed by atoms with Crippen molar-refractivity contribution in [3.8, 4) is 11.5 Å². The summed E-state index contributed by atoms with van der Waals surface area (Å²) in [7, 11) is 1.61. The van der Waals surface area contributed by atoms with Crippen molar-refractivity contribution in [3.05, 3.63) is 34.8 Å². The van der Waals surface area contributed by atoms with Crippen molar-refractivity contribution in [3.63, 3.8) is 0 Å². The molecule has 0 saturated carbocycles.